The van der Waals surface area contributed by atoms with E-state index in [2.05, 4.69) is 6.07 Å². The van der Waals surface area contributed by atoms with Crippen LogP contribution < -0.4 is 9.47 Å². The number of aromatic nitrogens is 2. The number of hydrogen-bond acceptors (Lipinski definition) is 4. The van der Waals surface area contributed by atoms with Crippen LogP contribution in [-0.4, -0.2) is 22.6 Å². The summed E-state index contributed by atoms with van der Waals surface area (Å²) in [6, 6.07) is 12.2. The van der Waals surface area contributed by atoms with Crippen LogP contribution in [0.15, 0.2) is 36.5 Å². The summed E-state index contributed by atoms with van der Waals surface area (Å²) in [5, 5.41) is 9.46. The second kappa shape index (κ2) is 5.57. The molecule has 4 rings (SSSR count). The molecule has 5 heteroatoms. The number of ether oxygens (including phenoxy) is 2. The molecule has 5 nitrogen and oxygen atoms in total. The fourth-order valence-electron chi connectivity index (χ4n) is 3.10. The number of imidazole rings is 1. The van der Waals surface area contributed by atoms with Gasteiger partial charge >= 0.3 is 0 Å². The zero-order valence-electron chi connectivity index (χ0n) is 13.6. The largest absolute Gasteiger partial charge is 0.486 e. The van der Waals surface area contributed by atoms with Crippen molar-refractivity contribution in [2.45, 2.75) is 19.8 Å². The van der Waals surface area contributed by atoms with E-state index < -0.39 is 0 Å². The van der Waals surface area contributed by atoms with Gasteiger partial charge in [0, 0.05) is 11.8 Å². The zero-order chi connectivity index (χ0) is 16.7. The Morgan fingerprint density at radius 1 is 1.21 bits per heavy atom. The minimum absolute atomic E-state index is 0.273. The number of pyridine rings is 1. The zero-order valence-corrected chi connectivity index (χ0v) is 13.6. The van der Waals surface area contributed by atoms with E-state index in [0.29, 0.717) is 13.2 Å². The van der Waals surface area contributed by atoms with E-state index >= 15 is 0 Å². The van der Waals surface area contributed by atoms with Gasteiger partial charge in [0.2, 0.25) is 0 Å². The summed E-state index contributed by atoms with van der Waals surface area (Å²) in [5.41, 5.74) is 4.59. The van der Waals surface area contributed by atoms with Gasteiger partial charge in [0.1, 0.15) is 18.9 Å². The summed E-state index contributed by atoms with van der Waals surface area (Å²) in [4.78, 5) is 4.82. The molecule has 120 valence electrons. The van der Waals surface area contributed by atoms with Crippen molar-refractivity contribution in [3.05, 3.63) is 47.8 Å². The molecule has 0 spiro atoms. The van der Waals surface area contributed by atoms with Gasteiger partial charge in [-0.15, -0.1) is 0 Å². The van der Waals surface area contributed by atoms with E-state index in [1.807, 2.05) is 54.8 Å². The maximum absolute atomic E-state index is 9.46. The lowest BCUT2D eigenvalue weighted by Gasteiger charge is -2.18. The first-order valence-corrected chi connectivity index (χ1v) is 7.96. The van der Waals surface area contributed by atoms with Crippen molar-refractivity contribution in [3.8, 4) is 28.8 Å². The standard InChI is InChI=1S/C19H17N3O2/c1-12-4-3-7-22-18(13(2)11-20)17(21-19(12)22)14-5-6-15-16(10-14)24-9-8-23-15/h3-7,10,13H,8-9H2,1-2H3. The van der Waals surface area contributed by atoms with Crippen LogP contribution in [0, 0.1) is 18.3 Å². The fourth-order valence-corrected chi connectivity index (χ4v) is 3.10. The lowest BCUT2D eigenvalue weighted by molar-refractivity contribution is 0.171. The van der Waals surface area contributed by atoms with Crippen LogP contribution in [0.1, 0.15) is 24.1 Å². The van der Waals surface area contributed by atoms with E-state index in [-0.39, 0.29) is 5.92 Å². The van der Waals surface area contributed by atoms with Crippen molar-refractivity contribution < 1.29 is 9.47 Å². The third-order valence-corrected chi connectivity index (χ3v) is 4.30. The number of fused-ring (bicyclic) bond motifs is 2. The summed E-state index contributed by atoms with van der Waals surface area (Å²) >= 11 is 0. The van der Waals surface area contributed by atoms with Gasteiger partial charge in [0.25, 0.3) is 0 Å². The van der Waals surface area contributed by atoms with Gasteiger partial charge in [-0.2, -0.15) is 5.26 Å². The average molecular weight is 319 g/mol. The molecule has 2 aromatic heterocycles. The predicted molar refractivity (Wildman–Crippen MR) is 90.4 cm³/mol. The van der Waals surface area contributed by atoms with E-state index in [9.17, 15) is 5.26 Å². The minimum Gasteiger partial charge on any atom is -0.486 e. The smallest absolute Gasteiger partial charge is 0.162 e. The maximum atomic E-state index is 9.46. The summed E-state index contributed by atoms with van der Waals surface area (Å²) in [6.07, 6.45) is 1.96. The molecule has 24 heavy (non-hydrogen) atoms. The molecule has 0 saturated heterocycles. The Kier molecular flexibility index (Phi) is 3.39. The number of benzene rings is 1. The second-order valence-electron chi connectivity index (χ2n) is 5.94. The molecule has 3 heterocycles. The maximum Gasteiger partial charge on any atom is 0.162 e. The van der Waals surface area contributed by atoms with Gasteiger partial charge in [-0.3, -0.25) is 0 Å². The Bertz CT molecular complexity index is 969. The van der Waals surface area contributed by atoms with Gasteiger partial charge in [0.15, 0.2) is 11.5 Å². The Hall–Kier alpha value is -3.00. The highest BCUT2D eigenvalue weighted by molar-refractivity contribution is 5.71. The summed E-state index contributed by atoms with van der Waals surface area (Å²) in [5.74, 6) is 1.20. The molecule has 1 aromatic carbocycles. The molecule has 3 aromatic rings. The van der Waals surface area contributed by atoms with Crippen molar-refractivity contribution in [2.24, 2.45) is 0 Å². The molecule has 0 radical (unpaired) electrons. The van der Waals surface area contributed by atoms with Gasteiger partial charge in [0.05, 0.1) is 23.4 Å². The third kappa shape index (κ3) is 2.19. The molecule has 0 saturated carbocycles. The monoisotopic (exact) mass is 319 g/mol. The molecule has 0 bridgehead atoms. The molecule has 0 N–H and O–H groups in total. The van der Waals surface area contributed by atoms with Crippen LogP contribution in [0.4, 0.5) is 0 Å². The van der Waals surface area contributed by atoms with E-state index in [4.69, 9.17) is 14.5 Å². The second-order valence-corrected chi connectivity index (χ2v) is 5.94. The normalized spacial score (nSPS) is 14.4. The molecule has 1 aliphatic rings. The van der Waals surface area contributed by atoms with Crippen molar-refractivity contribution >= 4 is 5.65 Å². The Labute approximate surface area is 140 Å². The first-order chi connectivity index (χ1) is 11.7. The predicted octanol–water partition coefficient (Wildman–Crippen LogP) is 3.71. The Morgan fingerprint density at radius 2 is 2.00 bits per heavy atom. The number of hydrogen-bond donors (Lipinski definition) is 0. The van der Waals surface area contributed by atoms with Crippen LogP contribution in [0.25, 0.3) is 16.9 Å². The van der Waals surface area contributed by atoms with Gasteiger partial charge < -0.3 is 13.9 Å². The van der Waals surface area contributed by atoms with Crippen molar-refractivity contribution in [1.29, 1.82) is 5.26 Å². The molecule has 0 aliphatic carbocycles. The Morgan fingerprint density at radius 3 is 2.79 bits per heavy atom. The van der Waals surface area contributed by atoms with Crippen LogP contribution in [0.2, 0.25) is 0 Å². The van der Waals surface area contributed by atoms with E-state index in [0.717, 1.165) is 39.7 Å². The Balaban J connectivity index is 1.96. The summed E-state index contributed by atoms with van der Waals surface area (Å²) in [7, 11) is 0. The minimum atomic E-state index is -0.273. The molecule has 1 aliphatic heterocycles. The van der Waals surface area contributed by atoms with Crippen LogP contribution >= 0.6 is 0 Å². The highest BCUT2D eigenvalue weighted by Gasteiger charge is 2.22. The topological polar surface area (TPSA) is 59.5 Å². The molecular formula is C19H17N3O2. The number of nitrogens with zero attached hydrogens (tertiary/aromatic N) is 3. The summed E-state index contributed by atoms with van der Waals surface area (Å²) in [6.45, 7) is 5.03. The van der Waals surface area contributed by atoms with Crippen molar-refractivity contribution in [2.75, 3.05) is 13.2 Å². The summed E-state index contributed by atoms with van der Waals surface area (Å²) < 4.78 is 13.3. The number of nitriles is 1. The lowest BCUT2D eigenvalue weighted by Crippen LogP contribution is -2.15. The molecule has 1 atom stereocenters. The quantitative estimate of drug-likeness (QED) is 0.722. The van der Waals surface area contributed by atoms with Crippen molar-refractivity contribution in [3.63, 3.8) is 0 Å². The van der Waals surface area contributed by atoms with Gasteiger partial charge in [-0.1, -0.05) is 6.07 Å². The highest BCUT2D eigenvalue weighted by Crippen LogP contribution is 2.37. The van der Waals surface area contributed by atoms with Gasteiger partial charge in [-0.05, 0) is 43.7 Å². The van der Waals surface area contributed by atoms with E-state index in [1.165, 1.54) is 0 Å². The highest BCUT2D eigenvalue weighted by atomic mass is 16.6. The van der Waals surface area contributed by atoms with Crippen molar-refractivity contribution in [1.82, 2.24) is 9.38 Å². The first-order valence-electron chi connectivity index (χ1n) is 7.96. The van der Waals surface area contributed by atoms with Gasteiger partial charge in [-0.25, -0.2) is 4.98 Å². The van der Waals surface area contributed by atoms with Crippen LogP contribution in [-0.2, 0) is 0 Å². The van der Waals surface area contributed by atoms with E-state index in [1.54, 1.807) is 0 Å². The SMILES string of the molecule is Cc1cccn2c(C(C)C#N)c(-c3ccc4c(c3)OCCO4)nc12. The fraction of sp³-hybridized carbons (Fsp3) is 0.263. The number of aryl methyl sites for hydroxylation is 1. The lowest BCUT2D eigenvalue weighted by atomic mass is 10.0. The number of rotatable bonds is 2. The van der Waals surface area contributed by atoms with Crippen LogP contribution in [0.5, 0.6) is 11.5 Å². The molecule has 1 unspecified atom stereocenters. The van der Waals surface area contributed by atoms with Crippen LogP contribution in [0.3, 0.4) is 0 Å². The first kappa shape index (κ1) is 14.6. The third-order valence-electron chi connectivity index (χ3n) is 4.30. The molecule has 0 amide bonds. The molecular weight excluding hydrogens is 302 g/mol. The average Bonchev–Trinajstić information content (AvgIpc) is 3.01. The molecule has 0 fully saturated rings.